The van der Waals surface area contributed by atoms with E-state index < -0.39 is 10.0 Å². The Bertz CT molecular complexity index is 665. The highest BCUT2D eigenvalue weighted by Crippen LogP contribution is 2.21. The van der Waals surface area contributed by atoms with Crippen LogP contribution in [0.1, 0.15) is 25.3 Å². The van der Waals surface area contributed by atoms with Crippen LogP contribution >= 0.6 is 11.3 Å². The smallest absolute Gasteiger partial charge is 0.291 e. The predicted molar refractivity (Wildman–Crippen MR) is 80.2 cm³/mol. The average Bonchev–Trinajstić information content (AvgIpc) is 2.85. The highest BCUT2D eigenvalue weighted by Gasteiger charge is 2.19. The van der Waals surface area contributed by atoms with Gasteiger partial charge in [-0.3, -0.25) is 4.72 Å². The first-order valence-electron chi connectivity index (χ1n) is 6.22. The molecule has 0 spiro atoms. The molecule has 0 unspecified atom stereocenters. The van der Waals surface area contributed by atoms with Crippen molar-refractivity contribution >= 4 is 32.2 Å². The molecule has 1 aromatic heterocycles. The second-order valence-electron chi connectivity index (χ2n) is 4.31. The van der Waals surface area contributed by atoms with Crippen molar-refractivity contribution in [3.8, 4) is 0 Å². The molecule has 0 amide bonds. The van der Waals surface area contributed by atoms with Gasteiger partial charge in [0.15, 0.2) is 0 Å². The van der Waals surface area contributed by atoms with Crippen LogP contribution < -0.4 is 10.5 Å². The lowest BCUT2D eigenvalue weighted by atomic mass is 10.1. The monoisotopic (exact) mass is 312 g/mol. The van der Waals surface area contributed by atoms with Crippen molar-refractivity contribution in [2.24, 2.45) is 0 Å². The first-order chi connectivity index (χ1) is 9.51. The third-order valence-electron chi connectivity index (χ3n) is 2.68. The van der Waals surface area contributed by atoms with Gasteiger partial charge in [0.25, 0.3) is 14.4 Å². The van der Waals surface area contributed by atoms with Gasteiger partial charge in [0.2, 0.25) is 5.13 Å². The molecule has 0 atom stereocenters. The molecule has 1 aromatic carbocycles. The first kappa shape index (κ1) is 14.7. The molecule has 0 saturated carbocycles. The van der Waals surface area contributed by atoms with Crippen LogP contribution in [0.5, 0.6) is 0 Å². The number of rotatable bonds is 6. The van der Waals surface area contributed by atoms with E-state index in [1.54, 1.807) is 12.1 Å². The second kappa shape index (κ2) is 6.19. The maximum absolute atomic E-state index is 12.0. The fourth-order valence-electron chi connectivity index (χ4n) is 1.65. The Kier molecular flexibility index (Phi) is 4.56. The highest BCUT2D eigenvalue weighted by atomic mass is 32.2. The zero-order chi connectivity index (χ0) is 14.6. The van der Waals surface area contributed by atoms with Gasteiger partial charge in [-0.1, -0.05) is 36.8 Å². The molecule has 2 rings (SSSR count). The number of nitrogens with one attached hydrogen (secondary N) is 1. The summed E-state index contributed by atoms with van der Waals surface area (Å²) in [6.45, 7) is 2.14. The summed E-state index contributed by atoms with van der Waals surface area (Å²) in [5, 5.41) is 7.16. The number of unbranched alkanes of at least 4 members (excludes halogenated alkanes) is 1. The van der Waals surface area contributed by atoms with E-state index in [1.807, 2.05) is 12.1 Å². The molecular weight excluding hydrogens is 296 g/mol. The van der Waals surface area contributed by atoms with Crippen LogP contribution in [0.2, 0.25) is 0 Å². The first-order valence-corrected chi connectivity index (χ1v) is 8.52. The minimum absolute atomic E-state index is 0.125. The SMILES string of the molecule is CCCCc1ccc(NS(=O)(=O)c2nnc(N)s2)cc1. The van der Waals surface area contributed by atoms with Crippen LogP contribution in [0.4, 0.5) is 10.8 Å². The molecule has 2 aromatic rings. The molecular formula is C12H16N4O2S2. The van der Waals surface area contributed by atoms with E-state index in [4.69, 9.17) is 5.73 Å². The molecule has 0 aliphatic rings. The van der Waals surface area contributed by atoms with E-state index in [0.29, 0.717) is 5.69 Å². The van der Waals surface area contributed by atoms with E-state index in [1.165, 1.54) is 5.56 Å². The third-order valence-corrected chi connectivity index (χ3v) is 5.18. The quantitative estimate of drug-likeness (QED) is 0.852. The van der Waals surface area contributed by atoms with Crippen LogP contribution in [0.3, 0.4) is 0 Å². The summed E-state index contributed by atoms with van der Waals surface area (Å²) in [4.78, 5) is 0. The maximum Gasteiger partial charge on any atom is 0.291 e. The summed E-state index contributed by atoms with van der Waals surface area (Å²) >= 11 is 0.833. The largest absolute Gasteiger partial charge is 0.374 e. The number of hydrogen-bond donors (Lipinski definition) is 2. The molecule has 0 aliphatic carbocycles. The molecule has 3 N–H and O–H groups in total. The Hall–Kier alpha value is -1.67. The Morgan fingerprint density at radius 1 is 1.25 bits per heavy atom. The molecule has 6 nitrogen and oxygen atoms in total. The zero-order valence-corrected chi connectivity index (χ0v) is 12.7. The lowest BCUT2D eigenvalue weighted by Crippen LogP contribution is -2.12. The van der Waals surface area contributed by atoms with Gasteiger partial charge < -0.3 is 5.73 Å². The van der Waals surface area contributed by atoms with Crippen molar-refractivity contribution < 1.29 is 8.42 Å². The maximum atomic E-state index is 12.0. The molecule has 0 radical (unpaired) electrons. The van der Waals surface area contributed by atoms with Crippen molar-refractivity contribution in [1.29, 1.82) is 0 Å². The summed E-state index contributed by atoms with van der Waals surface area (Å²) in [7, 11) is -3.71. The lowest BCUT2D eigenvalue weighted by Gasteiger charge is -2.06. The van der Waals surface area contributed by atoms with Crippen LogP contribution in [-0.2, 0) is 16.4 Å². The van der Waals surface area contributed by atoms with Gasteiger partial charge in [-0.25, -0.2) is 0 Å². The van der Waals surface area contributed by atoms with Crippen molar-refractivity contribution in [1.82, 2.24) is 10.2 Å². The van der Waals surface area contributed by atoms with Gasteiger partial charge in [0, 0.05) is 5.69 Å². The van der Waals surface area contributed by atoms with E-state index in [-0.39, 0.29) is 9.47 Å². The number of benzene rings is 1. The van der Waals surface area contributed by atoms with Gasteiger partial charge in [0.1, 0.15) is 0 Å². The van der Waals surface area contributed by atoms with Crippen LogP contribution in [0.15, 0.2) is 28.6 Å². The number of anilines is 2. The zero-order valence-electron chi connectivity index (χ0n) is 11.0. The molecule has 20 heavy (non-hydrogen) atoms. The molecule has 0 saturated heterocycles. The van der Waals surface area contributed by atoms with Crippen LogP contribution in [-0.4, -0.2) is 18.6 Å². The Balaban J connectivity index is 2.09. The predicted octanol–water partition coefficient (Wildman–Crippen LogP) is 2.26. The number of aryl methyl sites for hydroxylation is 1. The van der Waals surface area contributed by atoms with Gasteiger partial charge in [-0.2, -0.15) is 8.42 Å². The van der Waals surface area contributed by atoms with Crippen molar-refractivity contribution in [3.63, 3.8) is 0 Å². The van der Waals surface area contributed by atoms with E-state index in [9.17, 15) is 8.42 Å². The summed E-state index contributed by atoms with van der Waals surface area (Å²) in [5.74, 6) is 0. The average molecular weight is 312 g/mol. The molecule has 0 bridgehead atoms. The summed E-state index contributed by atoms with van der Waals surface area (Å²) in [6, 6.07) is 7.32. The van der Waals surface area contributed by atoms with Crippen molar-refractivity contribution in [3.05, 3.63) is 29.8 Å². The molecule has 0 aliphatic heterocycles. The Morgan fingerprint density at radius 3 is 2.50 bits per heavy atom. The number of nitrogens with two attached hydrogens (primary N) is 1. The number of hydrogen-bond acceptors (Lipinski definition) is 6. The molecule has 108 valence electrons. The van der Waals surface area contributed by atoms with Gasteiger partial charge in [0.05, 0.1) is 0 Å². The normalized spacial score (nSPS) is 11.4. The van der Waals surface area contributed by atoms with Gasteiger partial charge in [-0.15, -0.1) is 10.2 Å². The van der Waals surface area contributed by atoms with Crippen LogP contribution in [0.25, 0.3) is 0 Å². The number of nitrogens with zero attached hydrogens (tertiary/aromatic N) is 2. The van der Waals surface area contributed by atoms with E-state index in [0.717, 1.165) is 30.6 Å². The topological polar surface area (TPSA) is 98.0 Å². The fourth-order valence-corrected chi connectivity index (χ4v) is 3.49. The minimum atomic E-state index is -3.71. The molecule has 1 heterocycles. The lowest BCUT2D eigenvalue weighted by molar-refractivity contribution is 0.599. The summed E-state index contributed by atoms with van der Waals surface area (Å²) in [5.41, 5.74) is 7.08. The highest BCUT2D eigenvalue weighted by molar-refractivity contribution is 7.94. The number of sulfonamides is 1. The Morgan fingerprint density at radius 2 is 1.95 bits per heavy atom. The minimum Gasteiger partial charge on any atom is -0.374 e. The van der Waals surface area contributed by atoms with Gasteiger partial charge >= 0.3 is 0 Å². The standard InChI is InChI=1S/C12H16N4O2S2/c1-2-3-4-9-5-7-10(8-6-9)16-20(17,18)12-15-14-11(13)19-12/h5-8,16H,2-4H2,1H3,(H2,13,14). The summed E-state index contributed by atoms with van der Waals surface area (Å²) < 4.78 is 26.3. The van der Waals surface area contributed by atoms with Crippen molar-refractivity contribution in [2.45, 2.75) is 30.5 Å². The van der Waals surface area contributed by atoms with E-state index in [2.05, 4.69) is 21.8 Å². The fraction of sp³-hybridized carbons (Fsp3) is 0.333. The van der Waals surface area contributed by atoms with E-state index >= 15 is 0 Å². The van der Waals surface area contributed by atoms with Crippen molar-refractivity contribution in [2.75, 3.05) is 10.5 Å². The van der Waals surface area contributed by atoms with Gasteiger partial charge in [-0.05, 0) is 30.5 Å². The molecule has 0 fully saturated rings. The Labute approximate surface area is 122 Å². The molecule has 8 heteroatoms. The third kappa shape index (κ3) is 3.67. The summed E-state index contributed by atoms with van der Waals surface area (Å²) in [6.07, 6.45) is 3.25. The number of aromatic nitrogens is 2. The number of nitrogen functional groups attached to an aromatic ring is 1. The van der Waals surface area contributed by atoms with Crippen LogP contribution in [0, 0.1) is 0 Å². The second-order valence-corrected chi connectivity index (χ2v) is 7.18.